The van der Waals surface area contributed by atoms with E-state index in [1.807, 2.05) is 18.7 Å². The van der Waals surface area contributed by atoms with E-state index in [0.717, 1.165) is 50.2 Å². The van der Waals surface area contributed by atoms with Gasteiger partial charge in [0, 0.05) is 13.1 Å². The largest absolute Gasteiger partial charge is 0.465 e. The lowest BCUT2D eigenvalue weighted by molar-refractivity contribution is 0.219. The number of aryl methyl sites for hydroxylation is 1. The average molecular weight is 494 g/mol. The highest BCUT2D eigenvalue weighted by molar-refractivity contribution is 14.0. The van der Waals surface area contributed by atoms with Crippen LogP contribution in [0.4, 0.5) is 0 Å². The maximum absolute atomic E-state index is 5.92. The number of unbranched alkanes of at least 4 members (excludes halogenated alkanes) is 1. The number of hydrogen-bond donors (Lipinski definition) is 2. The Morgan fingerprint density at radius 1 is 1.27 bits per heavy atom. The molecule has 1 aliphatic rings. The first-order valence-electron chi connectivity index (χ1n) is 9.56. The molecule has 2 rings (SSSR count). The summed E-state index contributed by atoms with van der Waals surface area (Å²) in [6.07, 6.45) is 7.13. The highest BCUT2D eigenvalue weighted by Crippen LogP contribution is 2.26. The quantitative estimate of drug-likeness (QED) is 0.223. The van der Waals surface area contributed by atoms with Gasteiger partial charge in [0.2, 0.25) is 0 Å². The summed E-state index contributed by atoms with van der Waals surface area (Å²) in [5, 5.41) is 6.82. The van der Waals surface area contributed by atoms with Crippen molar-refractivity contribution in [3.63, 3.8) is 0 Å². The van der Waals surface area contributed by atoms with Crippen LogP contribution in [0.1, 0.15) is 50.2 Å². The molecule has 1 fully saturated rings. The van der Waals surface area contributed by atoms with Gasteiger partial charge >= 0.3 is 0 Å². The monoisotopic (exact) mass is 494 g/mol. The van der Waals surface area contributed by atoms with E-state index in [9.17, 15) is 0 Å². The number of nitrogens with one attached hydrogen (secondary N) is 2. The molecule has 0 amide bonds. The van der Waals surface area contributed by atoms with Crippen molar-refractivity contribution in [1.82, 2.24) is 15.5 Å². The van der Waals surface area contributed by atoms with E-state index in [-0.39, 0.29) is 30.0 Å². The minimum absolute atomic E-state index is 0. The Hall–Kier alpha value is -0.410. The number of furan rings is 1. The van der Waals surface area contributed by atoms with Gasteiger partial charge in [0.25, 0.3) is 0 Å². The maximum atomic E-state index is 5.92. The van der Waals surface area contributed by atoms with Crippen LogP contribution in [0.25, 0.3) is 0 Å². The number of thioether (sulfide) groups is 1. The van der Waals surface area contributed by atoms with Crippen molar-refractivity contribution < 1.29 is 4.42 Å². The molecule has 0 aliphatic carbocycles. The van der Waals surface area contributed by atoms with Crippen LogP contribution in [0.3, 0.4) is 0 Å². The third kappa shape index (κ3) is 8.08. The van der Waals surface area contributed by atoms with Crippen LogP contribution in [0, 0.1) is 6.92 Å². The fourth-order valence-electron chi connectivity index (χ4n) is 3.17. The van der Waals surface area contributed by atoms with Crippen molar-refractivity contribution in [1.29, 1.82) is 0 Å². The van der Waals surface area contributed by atoms with Crippen molar-refractivity contribution in [2.24, 2.45) is 4.99 Å². The molecular formula is C19H35IN4OS. The normalized spacial score (nSPS) is 16.3. The van der Waals surface area contributed by atoms with Gasteiger partial charge in [-0.05, 0) is 76.8 Å². The summed E-state index contributed by atoms with van der Waals surface area (Å²) in [4.78, 5) is 7.35. The predicted molar refractivity (Wildman–Crippen MR) is 124 cm³/mol. The number of nitrogens with zero attached hydrogens (tertiary/aromatic N) is 2. The van der Waals surface area contributed by atoms with Crippen LogP contribution in [0.15, 0.2) is 21.5 Å². The van der Waals surface area contributed by atoms with E-state index in [1.54, 1.807) is 0 Å². The Kier molecular flexibility index (Phi) is 12.5. The average Bonchev–Trinajstić information content (AvgIpc) is 3.27. The van der Waals surface area contributed by atoms with Crippen molar-refractivity contribution in [3.05, 3.63) is 23.7 Å². The zero-order valence-corrected chi connectivity index (χ0v) is 19.6. The van der Waals surface area contributed by atoms with E-state index < -0.39 is 0 Å². The highest BCUT2D eigenvalue weighted by Gasteiger charge is 2.25. The molecule has 0 radical (unpaired) electrons. The Bertz CT molecular complexity index is 517. The first-order valence-corrected chi connectivity index (χ1v) is 11.0. The first-order chi connectivity index (χ1) is 12.2. The summed E-state index contributed by atoms with van der Waals surface area (Å²) in [7, 11) is 0. The molecule has 7 heteroatoms. The summed E-state index contributed by atoms with van der Waals surface area (Å²) in [6, 6.07) is 4.40. The van der Waals surface area contributed by atoms with Crippen LogP contribution in [0.2, 0.25) is 0 Å². The molecule has 1 atom stereocenters. The van der Waals surface area contributed by atoms with Gasteiger partial charge in [0.15, 0.2) is 5.96 Å². The molecule has 5 nitrogen and oxygen atoms in total. The summed E-state index contributed by atoms with van der Waals surface area (Å²) in [5.74, 6) is 4.16. The van der Waals surface area contributed by atoms with Gasteiger partial charge in [-0.1, -0.05) is 0 Å². The maximum Gasteiger partial charge on any atom is 0.191 e. The van der Waals surface area contributed by atoms with Gasteiger partial charge in [-0.25, -0.2) is 0 Å². The lowest BCUT2D eigenvalue weighted by atomic mass is 10.2. The van der Waals surface area contributed by atoms with Gasteiger partial charge < -0.3 is 15.1 Å². The van der Waals surface area contributed by atoms with Crippen molar-refractivity contribution in [3.8, 4) is 0 Å². The van der Waals surface area contributed by atoms with Crippen LogP contribution in [0.5, 0.6) is 0 Å². The molecule has 150 valence electrons. The molecule has 1 aromatic heterocycles. The second-order valence-corrected chi connectivity index (χ2v) is 7.54. The fourth-order valence-corrected chi connectivity index (χ4v) is 3.66. The standard InChI is InChI=1S/C19H34N4OS.HI/c1-4-20-19(21-11-5-8-14-25-3)22-15-17(23-12-6-7-13-23)18-10-9-16(2)24-18;/h9-10,17H,4-8,11-15H2,1-3H3,(H2,20,21,22);1H. The van der Waals surface area contributed by atoms with E-state index in [4.69, 9.17) is 9.41 Å². The molecule has 1 aromatic rings. The summed E-state index contributed by atoms with van der Waals surface area (Å²) < 4.78 is 5.92. The van der Waals surface area contributed by atoms with Crippen LogP contribution in [-0.4, -0.2) is 55.6 Å². The molecule has 2 heterocycles. The molecule has 0 aromatic carbocycles. The Labute approximate surface area is 180 Å². The van der Waals surface area contributed by atoms with Gasteiger partial charge in [0.1, 0.15) is 11.5 Å². The highest BCUT2D eigenvalue weighted by atomic mass is 127. The molecule has 2 N–H and O–H groups in total. The summed E-state index contributed by atoms with van der Waals surface area (Å²) in [6.45, 7) is 8.97. The summed E-state index contributed by atoms with van der Waals surface area (Å²) >= 11 is 1.91. The van der Waals surface area contributed by atoms with E-state index >= 15 is 0 Å². The summed E-state index contributed by atoms with van der Waals surface area (Å²) in [5.41, 5.74) is 0. The molecule has 1 unspecified atom stereocenters. The lowest BCUT2D eigenvalue weighted by Crippen LogP contribution is -2.38. The molecular weight excluding hydrogens is 459 g/mol. The van der Waals surface area contributed by atoms with Gasteiger partial charge in [-0.15, -0.1) is 24.0 Å². The second-order valence-electron chi connectivity index (χ2n) is 6.55. The lowest BCUT2D eigenvalue weighted by Gasteiger charge is -2.24. The SMILES string of the molecule is CCNC(=NCC(c1ccc(C)o1)N1CCCC1)NCCCCSC.I. The minimum Gasteiger partial charge on any atom is -0.465 e. The number of aliphatic imine (C=N–C) groups is 1. The number of rotatable bonds is 10. The Morgan fingerprint density at radius 3 is 2.65 bits per heavy atom. The number of hydrogen-bond acceptors (Lipinski definition) is 4. The topological polar surface area (TPSA) is 52.8 Å². The van der Waals surface area contributed by atoms with Crippen molar-refractivity contribution in [2.45, 2.75) is 45.6 Å². The van der Waals surface area contributed by atoms with Crippen molar-refractivity contribution >= 4 is 41.7 Å². The molecule has 0 saturated carbocycles. The molecule has 0 bridgehead atoms. The van der Waals surface area contributed by atoms with Gasteiger partial charge in [-0.3, -0.25) is 9.89 Å². The third-order valence-electron chi connectivity index (χ3n) is 4.51. The third-order valence-corrected chi connectivity index (χ3v) is 5.20. The molecule has 1 saturated heterocycles. The van der Waals surface area contributed by atoms with E-state index in [1.165, 1.54) is 31.4 Å². The van der Waals surface area contributed by atoms with Crippen LogP contribution < -0.4 is 10.6 Å². The smallest absolute Gasteiger partial charge is 0.191 e. The number of halogens is 1. The Balaban J connectivity index is 0.00000338. The van der Waals surface area contributed by atoms with Crippen LogP contribution >= 0.6 is 35.7 Å². The van der Waals surface area contributed by atoms with Gasteiger partial charge in [0.05, 0.1) is 12.6 Å². The zero-order chi connectivity index (χ0) is 17.9. The molecule has 26 heavy (non-hydrogen) atoms. The van der Waals surface area contributed by atoms with Gasteiger partial charge in [-0.2, -0.15) is 11.8 Å². The van der Waals surface area contributed by atoms with E-state index in [0.29, 0.717) is 0 Å². The number of guanidine groups is 1. The number of likely N-dealkylation sites (tertiary alicyclic amines) is 1. The van der Waals surface area contributed by atoms with Crippen LogP contribution in [-0.2, 0) is 0 Å². The minimum atomic E-state index is 0. The van der Waals surface area contributed by atoms with Crippen molar-refractivity contribution in [2.75, 3.05) is 44.7 Å². The first kappa shape index (κ1) is 23.6. The molecule has 0 spiro atoms. The van der Waals surface area contributed by atoms with E-state index in [2.05, 4.69) is 40.8 Å². The second kappa shape index (κ2) is 13.7. The Morgan fingerprint density at radius 2 is 2.04 bits per heavy atom. The zero-order valence-electron chi connectivity index (χ0n) is 16.4. The predicted octanol–water partition coefficient (Wildman–Crippen LogP) is 4.04. The molecule has 1 aliphatic heterocycles. The fraction of sp³-hybridized carbons (Fsp3) is 0.737.